The Morgan fingerprint density at radius 2 is 1.96 bits per heavy atom. The minimum Gasteiger partial charge on any atom is -0.334 e. The monoisotopic (exact) mass is 404 g/mol. The number of halogens is 1. The summed E-state index contributed by atoms with van der Waals surface area (Å²) in [6, 6.07) is 11.5. The molecule has 2 aromatic heterocycles. The van der Waals surface area contributed by atoms with Gasteiger partial charge in [0.15, 0.2) is 0 Å². The van der Waals surface area contributed by atoms with Crippen LogP contribution in [0.1, 0.15) is 5.69 Å². The first-order chi connectivity index (χ1) is 13.0. The van der Waals surface area contributed by atoms with Gasteiger partial charge in [0, 0.05) is 24.7 Å². The van der Waals surface area contributed by atoms with Crippen molar-refractivity contribution in [2.75, 3.05) is 19.6 Å². The molecule has 0 spiro atoms. The van der Waals surface area contributed by atoms with E-state index in [1.54, 1.807) is 47.4 Å². The van der Waals surface area contributed by atoms with Gasteiger partial charge < -0.3 is 10.2 Å². The second kappa shape index (κ2) is 6.95. The fraction of sp³-hybridized carbons (Fsp3) is 0.222. The Bertz CT molecular complexity index is 1110. The van der Waals surface area contributed by atoms with Crippen molar-refractivity contribution in [3.05, 3.63) is 59.5 Å². The van der Waals surface area contributed by atoms with Gasteiger partial charge >= 0.3 is 0 Å². The van der Waals surface area contributed by atoms with Crippen molar-refractivity contribution in [2.24, 2.45) is 0 Å². The molecular formula is C18H17ClN4O3S. The highest BCUT2D eigenvalue weighted by Crippen LogP contribution is 2.30. The summed E-state index contributed by atoms with van der Waals surface area (Å²) in [5.41, 5.74) is 0.912. The number of hydrogen-bond donors (Lipinski definition) is 1. The molecule has 1 saturated heterocycles. The van der Waals surface area contributed by atoms with E-state index in [0.29, 0.717) is 29.7 Å². The summed E-state index contributed by atoms with van der Waals surface area (Å²) in [7, 11) is -3.86. The summed E-state index contributed by atoms with van der Waals surface area (Å²) in [5.74, 6) is -0.0700. The van der Waals surface area contributed by atoms with E-state index in [4.69, 9.17) is 11.6 Å². The van der Waals surface area contributed by atoms with E-state index in [2.05, 4.69) is 10.3 Å². The molecule has 7 nitrogen and oxygen atoms in total. The first-order valence-corrected chi connectivity index (χ1v) is 10.2. The normalized spacial score (nSPS) is 15.4. The molecule has 1 amide bonds. The maximum absolute atomic E-state index is 13.3. The molecular weight excluding hydrogens is 388 g/mol. The number of piperazine rings is 1. The van der Waals surface area contributed by atoms with Crippen molar-refractivity contribution in [2.45, 2.75) is 11.4 Å². The molecule has 3 heterocycles. The maximum atomic E-state index is 13.3. The summed E-state index contributed by atoms with van der Waals surface area (Å²) in [4.78, 5) is 18.0. The SMILES string of the molecule is O=C1CNCCN1Cc1cc2c(Cl)nccc2n1S(=O)(=O)c1ccccc1. The number of amides is 1. The predicted molar refractivity (Wildman–Crippen MR) is 102 cm³/mol. The molecule has 0 radical (unpaired) electrons. The number of carbonyl (C=O) groups is 1. The van der Waals surface area contributed by atoms with Crippen LogP contribution in [0.2, 0.25) is 5.15 Å². The number of hydrogen-bond acceptors (Lipinski definition) is 5. The van der Waals surface area contributed by atoms with Gasteiger partial charge in [0.1, 0.15) is 5.15 Å². The molecule has 0 bridgehead atoms. The van der Waals surface area contributed by atoms with Crippen molar-refractivity contribution >= 4 is 38.4 Å². The van der Waals surface area contributed by atoms with Crippen LogP contribution in [0.15, 0.2) is 53.6 Å². The average molecular weight is 405 g/mol. The van der Waals surface area contributed by atoms with Crippen molar-refractivity contribution in [3.8, 4) is 0 Å². The Hall–Kier alpha value is -2.42. The van der Waals surface area contributed by atoms with E-state index in [0.717, 1.165) is 0 Å². The van der Waals surface area contributed by atoms with Gasteiger partial charge in [-0.05, 0) is 24.3 Å². The van der Waals surface area contributed by atoms with Crippen LogP contribution in [-0.2, 0) is 21.4 Å². The maximum Gasteiger partial charge on any atom is 0.268 e. The Morgan fingerprint density at radius 1 is 1.19 bits per heavy atom. The number of nitrogens with one attached hydrogen (secondary N) is 1. The highest BCUT2D eigenvalue weighted by atomic mass is 35.5. The van der Waals surface area contributed by atoms with Crippen LogP contribution >= 0.6 is 11.6 Å². The average Bonchev–Trinajstić information content (AvgIpc) is 3.04. The van der Waals surface area contributed by atoms with E-state index in [-0.39, 0.29) is 29.0 Å². The van der Waals surface area contributed by atoms with Crippen molar-refractivity contribution < 1.29 is 13.2 Å². The molecule has 0 aliphatic carbocycles. The fourth-order valence-electron chi connectivity index (χ4n) is 3.23. The molecule has 27 heavy (non-hydrogen) atoms. The zero-order valence-electron chi connectivity index (χ0n) is 14.3. The van der Waals surface area contributed by atoms with Gasteiger partial charge in [-0.25, -0.2) is 17.4 Å². The van der Waals surface area contributed by atoms with E-state index in [9.17, 15) is 13.2 Å². The molecule has 1 aliphatic heterocycles. The molecule has 1 aliphatic rings. The Balaban J connectivity index is 1.90. The second-order valence-electron chi connectivity index (χ2n) is 6.24. The highest BCUT2D eigenvalue weighted by molar-refractivity contribution is 7.90. The van der Waals surface area contributed by atoms with E-state index in [1.165, 1.54) is 10.2 Å². The molecule has 1 fully saturated rings. The molecule has 0 saturated carbocycles. The highest BCUT2D eigenvalue weighted by Gasteiger charge is 2.27. The van der Waals surface area contributed by atoms with Gasteiger partial charge in [-0.2, -0.15) is 0 Å². The third kappa shape index (κ3) is 3.20. The Morgan fingerprint density at radius 3 is 2.70 bits per heavy atom. The number of rotatable bonds is 4. The van der Waals surface area contributed by atoms with Crippen LogP contribution in [0.25, 0.3) is 10.9 Å². The zero-order chi connectivity index (χ0) is 19.0. The lowest BCUT2D eigenvalue weighted by atomic mass is 10.3. The summed E-state index contributed by atoms with van der Waals surface area (Å²) in [6.07, 6.45) is 1.47. The van der Waals surface area contributed by atoms with E-state index >= 15 is 0 Å². The minimum absolute atomic E-state index is 0.0700. The Kier molecular flexibility index (Phi) is 4.63. The van der Waals surface area contributed by atoms with Crippen LogP contribution in [0.4, 0.5) is 0 Å². The van der Waals surface area contributed by atoms with Gasteiger partial charge in [0.2, 0.25) is 5.91 Å². The minimum atomic E-state index is -3.86. The van der Waals surface area contributed by atoms with Crippen molar-refractivity contribution in [3.63, 3.8) is 0 Å². The molecule has 1 N–H and O–H groups in total. The molecule has 3 aromatic rings. The largest absolute Gasteiger partial charge is 0.334 e. The Labute approximate surface area is 161 Å². The lowest BCUT2D eigenvalue weighted by Gasteiger charge is -2.27. The molecule has 4 rings (SSSR count). The second-order valence-corrected chi connectivity index (χ2v) is 8.39. The van der Waals surface area contributed by atoms with Crippen molar-refractivity contribution in [1.29, 1.82) is 0 Å². The lowest BCUT2D eigenvalue weighted by molar-refractivity contribution is -0.132. The molecule has 9 heteroatoms. The number of pyridine rings is 1. The van der Waals surface area contributed by atoms with Gasteiger partial charge in [-0.1, -0.05) is 29.8 Å². The van der Waals surface area contributed by atoms with E-state index < -0.39 is 10.0 Å². The van der Waals surface area contributed by atoms with Crippen LogP contribution < -0.4 is 5.32 Å². The smallest absolute Gasteiger partial charge is 0.268 e. The lowest BCUT2D eigenvalue weighted by Crippen LogP contribution is -2.47. The quantitative estimate of drug-likeness (QED) is 0.671. The third-order valence-electron chi connectivity index (χ3n) is 4.53. The van der Waals surface area contributed by atoms with Crippen LogP contribution in [0, 0.1) is 0 Å². The predicted octanol–water partition coefficient (Wildman–Crippen LogP) is 1.86. The standard InChI is InChI=1S/C18H17ClN4O3S/c19-18-15-10-13(12-22-9-8-20-11-17(22)24)23(16(15)6-7-21-18)27(25,26)14-4-2-1-3-5-14/h1-7,10,20H,8-9,11-12H2. The molecule has 140 valence electrons. The van der Waals surface area contributed by atoms with Crippen LogP contribution in [0.3, 0.4) is 0 Å². The number of aromatic nitrogens is 2. The summed E-state index contributed by atoms with van der Waals surface area (Å²) >= 11 is 6.20. The number of benzene rings is 1. The number of nitrogens with zero attached hydrogens (tertiary/aromatic N) is 3. The van der Waals surface area contributed by atoms with Crippen LogP contribution in [-0.4, -0.2) is 47.8 Å². The first kappa shape index (κ1) is 18.0. The molecule has 0 atom stereocenters. The summed E-state index contributed by atoms with van der Waals surface area (Å²) in [6.45, 7) is 1.60. The van der Waals surface area contributed by atoms with E-state index in [1.807, 2.05) is 0 Å². The van der Waals surface area contributed by atoms with Crippen LogP contribution in [0.5, 0.6) is 0 Å². The van der Waals surface area contributed by atoms with Gasteiger partial charge in [-0.15, -0.1) is 0 Å². The topological polar surface area (TPSA) is 84.3 Å². The van der Waals surface area contributed by atoms with Gasteiger partial charge in [-0.3, -0.25) is 4.79 Å². The third-order valence-corrected chi connectivity index (χ3v) is 6.61. The fourth-order valence-corrected chi connectivity index (χ4v) is 4.99. The van der Waals surface area contributed by atoms with Crippen molar-refractivity contribution in [1.82, 2.24) is 19.2 Å². The molecule has 0 unspecified atom stereocenters. The van der Waals surface area contributed by atoms with Gasteiger partial charge in [0.05, 0.1) is 29.2 Å². The zero-order valence-corrected chi connectivity index (χ0v) is 15.9. The first-order valence-electron chi connectivity index (χ1n) is 8.42. The summed E-state index contributed by atoms with van der Waals surface area (Å²) in [5, 5.41) is 3.77. The summed E-state index contributed by atoms with van der Waals surface area (Å²) < 4.78 is 28.0. The van der Waals surface area contributed by atoms with Gasteiger partial charge in [0.25, 0.3) is 10.0 Å². The number of fused-ring (bicyclic) bond motifs is 1. The molecule has 1 aromatic carbocycles. The number of carbonyl (C=O) groups excluding carboxylic acids is 1.